The molecule has 0 radical (unpaired) electrons. The number of piperazine rings is 1. The number of phenolic OH excluding ortho intramolecular Hbond substituents is 1. The van der Waals surface area contributed by atoms with Gasteiger partial charge < -0.3 is 20.6 Å². The van der Waals surface area contributed by atoms with E-state index in [4.69, 9.17) is 11.6 Å². The molecule has 0 amide bonds. The van der Waals surface area contributed by atoms with Gasteiger partial charge in [-0.05, 0) is 56.2 Å². The number of phenols is 1. The highest BCUT2D eigenvalue weighted by atomic mass is 35.5. The Morgan fingerprint density at radius 3 is 2.37 bits per heavy atom. The van der Waals surface area contributed by atoms with E-state index in [0.717, 1.165) is 25.6 Å². The number of nitrogens with zero attached hydrogens (tertiary/aromatic N) is 4. The number of benzene rings is 2. The van der Waals surface area contributed by atoms with E-state index in [2.05, 4.69) is 26.2 Å². The van der Waals surface area contributed by atoms with Crippen molar-refractivity contribution < 1.29 is 22.7 Å². The molecule has 2 aromatic rings. The Labute approximate surface area is 276 Å². The van der Waals surface area contributed by atoms with E-state index >= 15 is 0 Å². The number of nitrogens with one attached hydrogen (secondary N) is 3. The topological polar surface area (TPSA) is 87.5 Å². The zero-order valence-electron chi connectivity index (χ0n) is 28.0. The molecule has 0 saturated carbocycles. The highest BCUT2D eigenvalue weighted by Crippen LogP contribution is 2.38. The first kappa shape index (κ1) is 40.7. The molecule has 0 unspecified atom stereocenters. The maximum Gasteiger partial charge on any atom is 0.416 e. The average molecular weight is 672 g/mol. The normalized spacial score (nSPS) is 14.3. The van der Waals surface area contributed by atoms with Crippen LogP contribution in [-0.2, 0) is 12.7 Å². The summed E-state index contributed by atoms with van der Waals surface area (Å²) in [7, 11) is 0. The number of hydrazone groups is 1. The van der Waals surface area contributed by atoms with Crippen molar-refractivity contribution in [3.63, 3.8) is 0 Å². The van der Waals surface area contributed by atoms with Gasteiger partial charge in [-0.15, -0.1) is 0 Å². The lowest BCUT2D eigenvalue weighted by Crippen LogP contribution is -2.43. The molecule has 1 saturated heterocycles. The number of likely N-dealkylation sites (N-methyl/N-ethyl adjacent to an activating group) is 1. The van der Waals surface area contributed by atoms with Crippen LogP contribution in [0, 0.1) is 0 Å². The second kappa shape index (κ2) is 21.4. The Bertz CT molecular complexity index is 1280. The molecule has 0 aliphatic carbocycles. The predicted molar refractivity (Wildman–Crippen MR) is 184 cm³/mol. The lowest BCUT2D eigenvalue weighted by atomic mass is 10.0. The van der Waals surface area contributed by atoms with E-state index in [9.17, 15) is 22.7 Å². The third kappa shape index (κ3) is 12.4. The highest BCUT2D eigenvalue weighted by Gasteiger charge is 2.34. The van der Waals surface area contributed by atoms with E-state index < -0.39 is 17.6 Å². The van der Waals surface area contributed by atoms with Gasteiger partial charge in [-0.2, -0.15) is 18.3 Å². The Morgan fingerprint density at radius 2 is 1.78 bits per heavy atom. The van der Waals surface area contributed by atoms with Crippen LogP contribution in [0.15, 0.2) is 52.3 Å². The Hall–Kier alpha value is -3.35. The molecular weight excluding hydrogens is 622 g/mol. The van der Waals surface area contributed by atoms with Crippen molar-refractivity contribution in [1.29, 1.82) is 0 Å². The van der Waals surface area contributed by atoms with Crippen LogP contribution in [0.2, 0.25) is 5.02 Å². The third-order valence-corrected chi connectivity index (χ3v) is 7.06. The minimum absolute atomic E-state index is 0.00633. The van der Waals surface area contributed by atoms with Crippen LogP contribution in [0.3, 0.4) is 0 Å². The van der Waals surface area contributed by atoms with Crippen LogP contribution in [0.25, 0.3) is 0 Å². The van der Waals surface area contributed by atoms with Gasteiger partial charge in [0.1, 0.15) is 17.4 Å². The molecule has 0 aromatic heterocycles. The van der Waals surface area contributed by atoms with Gasteiger partial charge in [0, 0.05) is 57.1 Å². The molecule has 0 spiro atoms. The van der Waals surface area contributed by atoms with Gasteiger partial charge in [-0.1, -0.05) is 52.3 Å². The van der Waals surface area contributed by atoms with E-state index in [1.807, 2.05) is 51.3 Å². The standard InChI is InChI=1S/C29H38ClF4N7O.2C2H6/c1-4-13-41(6-3)28(24(31)5-2)36-19-38-37-17-20-8-10-25(26(30)27(20)42)39-22-9-7-21(23(16-22)29(32,33)34)18-40-14-11-35-12-15-40;2*1-2/h5,7-10,16-17,35,38-39,42H,4,6,11-15,18-19H2,1-3H3;2*1-2H3/b24-5+,36-28+,37-17+;;. The van der Waals surface area contributed by atoms with Crippen LogP contribution < -0.4 is 16.1 Å². The molecule has 1 fully saturated rings. The molecule has 0 atom stereocenters. The third-order valence-electron chi connectivity index (χ3n) is 6.68. The number of hydrogen-bond donors (Lipinski definition) is 4. The van der Waals surface area contributed by atoms with Crippen molar-refractivity contribution in [1.82, 2.24) is 20.5 Å². The lowest BCUT2D eigenvalue weighted by molar-refractivity contribution is -0.138. The Kier molecular flexibility index (Phi) is 19.0. The first-order valence-corrected chi connectivity index (χ1v) is 16.3. The minimum atomic E-state index is -4.53. The van der Waals surface area contributed by atoms with Crippen molar-refractivity contribution in [2.45, 2.75) is 67.6 Å². The SMILES string of the molecule is C/C=C(F)\C(=N/CN/N=C/c1ccc(Nc2ccc(CN3CCNCC3)c(C(F)(F)F)c2)c(Cl)c1O)N(CC)CCC.CC.CC. The summed E-state index contributed by atoms with van der Waals surface area (Å²) in [6.45, 7) is 17.8. The molecule has 1 aliphatic heterocycles. The molecule has 258 valence electrons. The number of hydrogen-bond acceptors (Lipinski definition) is 7. The smallest absolute Gasteiger partial charge is 0.416 e. The molecular formula is C33H50ClF4N7O. The van der Waals surface area contributed by atoms with E-state index in [1.54, 1.807) is 13.0 Å². The van der Waals surface area contributed by atoms with Crippen molar-refractivity contribution in [3.8, 4) is 5.75 Å². The van der Waals surface area contributed by atoms with Crippen LogP contribution in [0.4, 0.5) is 28.9 Å². The number of allylic oxidation sites excluding steroid dienone is 1. The van der Waals surface area contributed by atoms with Crippen molar-refractivity contribution >= 4 is 35.0 Å². The Morgan fingerprint density at radius 1 is 1.11 bits per heavy atom. The second-order valence-corrected chi connectivity index (χ2v) is 10.0. The van der Waals surface area contributed by atoms with Crippen LogP contribution in [0.5, 0.6) is 5.75 Å². The largest absolute Gasteiger partial charge is 0.506 e. The highest BCUT2D eigenvalue weighted by molar-refractivity contribution is 6.35. The summed E-state index contributed by atoms with van der Waals surface area (Å²) in [6.07, 6.45) is -1.02. The van der Waals surface area contributed by atoms with Crippen LogP contribution in [-0.4, -0.2) is 72.9 Å². The van der Waals surface area contributed by atoms with Gasteiger partial charge in [0.25, 0.3) is 0 Å². The molecule has 46 heavy (non-hydrogen) atoms. The van der Waals surface area contributed by atoms with Gasteiger partial charge in [-0.3, -0.25) is 10.3 Å². The number of anilines is 2. The molecule has 1 aliphatic rings. The first-order valence-electron chi connectivity index (χ1n) is 15.9. The van der Waals surface area contributed by atoms with Crippen molar-refractivity contribution in [2.75, 3.05) is 51.3 Å². The number of aromatic hydroxyl groups is 1. The zero-order valence-corrected chi connectivity index (χ0v) is 28.8. The molecule has 13 heteroatoms. The summed E-state index contributed by atoms with van der Waals surface area (Å²) in [5.41, 5.74) is 2.85. The van der Waals surface area contributed by atoms with E-state index in [1.165, 1.54) is 30.5 Å². The van der Waals surface area contributed by atoms with Gasteiger partial charge in [-0.25, -0.2) is 9.38 Å². The van der Waals surface area contributed by atoms with Gasteiger partial charge in [0.15, 0.2) is 11.7 Å². The molecule has 3 rings (SSSR count). The maximum absolute atomic E-state index is 14.3. The van der Waals surface area contributed by atoms with Crippen LogP contribution >= 0.6 is 11.6 Å². The van der Waals surface area contributed by atoms with E-state index in [0.29, 0.717) is 26.2 Å². The average Bonchev–Trinajstić information content (AvgIpc) is 3.07. The fourth-order valence-corrected chi connectivity index (χ4v) is 4.73. The molecule has 2 aromatic carbocycles. The number of halogens is 5. The summed E-state index contributed by atoms with van der Waals surface area (Å²) in [5, 5.41) is 20.6. The summed E-state index contributed by atoms with van der Waals surface area (Å²) >= 11 is 6.35. The quantitative estimate of drug-likeness (QED) is 0.0599. The molecule has 4 N–H and O–H groups in total. The molecule has 1 heterocycles. The number of amidine groups is 1. The molecule has 0 bridgehead atoms. The summed E-state index contributed by atoms with van der Waals surface area (Å²) in [5.74, 6) is -0.501. The Balaban J connectivity index is 0.00000254. The summed E-state index contributed by atoms with van der Waals surface area (Å²) in [6, 6.07) is 7.13. The fourth-order valence-electron chi connectivity index (χ4n) is 4.51. The van der Waals surface area contributed by atoms with Gasteiger partial charge >= 0.3 is 6.18 Å². The number of rotatable bonds is 12. The van der Waals surface area contributed by atoms with Gasteiger partial charge in [0.05, 0.1) is 17.5 Å². The van der Waals surface area contributed by atoms with Crippen LogP contribution in [0.1, 0.15) is 71.6 Å². The van der Waals surface area contributed by atoms with Crippen molar-refractivity contribution in [3.05, 3.63) is 63.9 Å². The number of alkyl halides is 3. The fraction of sp³-hybridized carbons (Fsp3) is 0.515. The lowest BCUT2D eigenvalue weighted by Gasteiger charge is -2.28. The molecule has 8 nitrogen and oxygen atoms in total. The van der Waals surface area contributed by atoms with Crippen molar-refractivity contribution in [2.24, 2.45) is 10.1 Å². The van der Waals surface area contributed by atoms with E-state index in [-0.39, 0.29) is 52.3 Å². The predicted octanol–water partition coefficient (Wildman–Crippen LogP) is 8.15. The zero-order chi connectivity index (χ0) is 34.7. The summed E-state index contributed by atoms with van der Waals surface area (Å²) in [4.78, 5) is 8.08. The maximum atomic E-state index is 14.3. The monoisotopic (exact) mass is 671 g/mol. The summed E-state index contributed by atoms with van der Waals surface area (Å²) < 4.78 is 56.1. The second-order valence-electron chi connectivity index (χ2n) is 9.66. The first-order chi connectivity index (χ1) is 22.1. The minimum Gasteiger partial charge on any atom is -0.506 e. The van der Waals surface area contributed by atoms with Gasteiger partial charge in [0.2, 0.25) is 0 Å². The number of aliphatic imine (C=N–C) groups is 1.